The van der Waals surface area contributed by atoms with Crippen molar-refractivity contribution in [1.82, 2.24) is 9.88 Å². The number of rotatable bonds is 7. The van der Waals surface area contributed by atoms with Gasteiger partial charge >= 0.3 is 0 Å². The van der Waals surface area contributed by atoms with Crippen LogP contribution in [0.4, 0.5) is 0 Å². The summed E-state index contributed by atoms with van der Waals surface area (Å²) in [7, 11) is 2.16. The molecule has 0 saturated carbocycles. The van der Waals surface area contributed by atoms with Crippen molar-refractivity contribution in [3.63, 3.8) is 0 Å². The molecule has 3 nitrogen and oxygen atoms in total. The second kappa shape index (κ2) is 7.91. The van der Waals surface area contributed by atoms with E-state index in [0.29, 0.717) is 6.54 Å². The molecule has 0 spiro atoms. The third-order valence-corrected chi connectivity index (χ3v) is 4.05. The predicted octanol–water partition coefficient (Wildman–Crippen LogP) is 2.82. The van der Waals surface area contributed by atoms with Gasteiger partial charge in [0.05, 0.1) is 0 Å². The third kappa shape index (κ3) is 4.13. The smallest absolute Gasteiger partial charge is 0.0470 e. The number of likely N-dealkylation sites (N-methyl/N-ethyl adjacent to an activating group) is 1. The number of nitrogens with zero attached hydrogens (tertiary/aromatic N) is 2. The van der Waals surface area contributed by atoms with Crippen molar-refractivity contribution in [2.45, 2.75) is 25.8 Å². The van der Waals surface area contributed by atoms with E-state index in [1.807, 2.05) is 12.4 Å². The second-order valence-electron chi connectivity index (χ2n) is 5.39. The molecule has 3 heteroatoms. The average Bonchev–Trinajstić information content (AvgIpc) is 2.55. The lowest BCUT2D eigenvalue weighted by atomic mass is 9.97. The standard InChI is InChI=1S/C18H25N3/c1-3-16-6-4-5-7-17(16)18(14-19)21(2)13-10-15-8-11-20-12-9-15/h4-9,11-12,18H,3,10,13-14,19H2,1-2H3. The van der Waals surface area contributed by atoms with Gasteiger partial charge in [0.1, 0.15) is 0 Å². The van der Waals surface area contributed by atoms with Gasteiger partial charge in [-0.15, -0.1) is 0 Å². The Morgan fingerprint density at radius 3 is 2.52 bits per heavy atom. The Bertz CT molecular complexity index is 539. The summed E-state index contributed by atoms with van der Waals surface area (Å²) in [5, 5.41) is 0. The van der Waals surface area contributed by atoms with E-state index in [0.717, 1.165) is 19.4 Å². The zero-order valence-electron chi connectivity index (χ0n) is 13.0. The summed E-state index contributed by atoms with van der Waals surface area (Å²) < 4.78 is 0. The van der Waals surface area contributed by atoms with Gasteiger partial charge in [-0.3, -0.25) is 9.88 Å². The van der Waals surface area contributed by atoms with Crippen LogP contribution in [0.3, 0.4) is 0 Å². The van der Waals surface area contributed by atoms with Gasteiger partial charge in [0, 0.05) is 31.5 Å². The van der Waals surface area contributed by atoms with Gasteiger partial charge in [-0.05, 0) is 48.7 Å². The Morgan fingerprint density at radius 1 is 1.14 bits per heavy atom. The predicted molar refractivity (Wildman–Crippen MR) is 88.2 cm³/mol. The number of aryl methyl sites for hydroxylation is 1. The Kier molecular flexibility index (Phi) is 5.90. The van der Waals surface area contributed by atoms with Crippen molar-refractivity contribution in [2.24, 2.45) is 5.73 Å². The van der Waals surface area contributed by atoms with Crippen molar-refractivity contribution < 1.29 is 0 Å². The minimum atomic E-state index is 0.281. The molecule has 0 aliphatic carbocycles. The molecule has 1 atom stereocenters. The molecule has 0 amide bonds. The largest absolute Gasteiger partial charge is 0.329 e. The summed E-state index contributed by atoms with van der Waals surface area (Å²) in [6, 6.07) is 13.0. The van der Waals surface area contributed by atoms with Crippen LogP contribution in [0.1, 0.15) is 29.7 Å². The van der Waals surface area contributed by atoms with E-state index in [9.17, 15) is 0 Å². The highest BCUT2D eigenvalue weighted by molar-refractivity contribution is 5.30. The number of benzene rings is 1. The molecule has 1 aromatic heterocycles. The molecule has 2 aromatic rings. The highest BCUT2D eigenvalue weighted by Gasteiger charge is 2.17. The van der Waals surface area contributed by atoms with Crippen LogP contribution >= 0.6 is 0 Å². The highest BCUT2D eigenvalue weighted by atomic mass is 15.1. The summed E-state index contributed by atoms with van der Waals surface area (Å²) in [5.41, 5.74) is 10.1. The van der Waals surface area contributed by atoms with Gasteiger partial charge in [-0.25, -0.2) is 0 Å². The molecule has 0 bridgehead atoms. The van der Waals surface area contributed by atoms with E-state index in [2.05, 4.69) is 60.3 Å². The molecule has 112 valence electrons. The molecular weight excluding hydrogens is 258 g/mol. The Balaban J connectivity index is 2.06. The van der Waals surface area contributed by atoms with Crippen LogP contribution in [0.15, 0.2) is 48.8 Å². The molecule has 2 rings (SSSR count). The van der Waals surface area contributed by atoms with Crippen molar-refractivity contribution >= 4 is 0 Å². The molecule has 1 heterocycles. The number of aromatic nitrogens is 1. The van der Waals surface area contributed by atoms with E-state index < -0.39 is 0 Å². The van der Waals surface area contributed by atoms with Crippen molar-refractivity contribution in [3.05, 3.63) is 65.5 Å². The van der Waals surface area contributed by atoms with Crippen LogP contribution in [0, 0.1) is 0 Å². The van der Waals surface area contributed by atoms with E-state index in [4.69, 9.17) is 5.73 Å². The number of pyridine rings is 1. The summed E-state index contributed by atoms with van der Waals surface area (Å²) in [6.45, 7) is 3.83. The first kappa shape index (κ1) is 15.7. The second-order valence-corrected chi connectivity index (χ2v) is 5.39. The van der Waals surface area contributed by atoms with E-state index in [1.54, 1.807) is 0 Å². The lowest BCUT2D eigenvalue weighted by Gasteiger charge is -2.29. The molecule has 0 saturated heterocycles. The van der Waals surface area contributed by atoms with Gasteiger partial charge in [0.25, 0.3) is 0 Å². The van der Waals surface area contributed by atoms with Crippen LogP contribution in [0.2, 0.25) is 0 Å². The fourth-order valence-electron chi connectivity index (χ4n) is 2.74. The molecule has 0 radical (unpaired) electrons. The minimum absolute atomic E-state index is 0.281. The van der Waals surface area contributed by atoms with Crippen molar-refractivity contribution in [3.8, 4) is 0 Å². The van der Waals surface area contributed by atoms with Crippen LogP contribution in [0.25, 0.3) is 0 Å². The maximum absolute atomic E-state index is 6.05. The molecule has 0 aliphatic heterocycles. The number of hydrogen-bond donors (Lipinski definition) is 1. The maximum Gasteiger partial charge on any atom is 0.0470 e. The van der Waals surface area contributed by atoms with E-state index in [1.165, 1.54) is 16.7 Å². The Labute approximate surface area is 127 Å². The van der Waals surface area contributed by atoms with Gasteiger partial charge in [0.2, 0.25) is 0 Å². The van der Waals surface area contributed by atoms with Crippen molar-refractivity contribution in [2.75, 3.05) is 20.1 Å². The Morgan fingerprint density at radius 2 is 1.86 bits per heavy atom. The minimum Gasteiger partial charge on any atom is -0.329 e. The first-order chi connectivity index (χ1) is 10.3. The monoisotopic (exact) mass is 283 g/mol. The molecular formula is C18H25N3. The number of hydrogen-bond acceptors (Lipinski definition) is 3. The van der Waals surface area contributed by atoms with Gasteiger partial charge in [0.15, 0.2) is 0 Å². The van der Waals surface area contributed by atoms with Gasteiger partial charge in [-0.1, -0.05) is 31.2 Å². The molecule has 1 aromatic carbocycles. The first-order valence-electron chi connectivity index (χ1n) is 7.63. The maximum atomic E-state index is 6.05. The van der Waals surface area contributed by atoms with Crippen LogP contribution in [0.5, 0.6) is 0 Å². The normalized spacial score (nSPS) is 12.6. The van der Waals surface area contributed by atoms with Crippen molar-refractivity contribution in [1.29, 1.82) is 0 Å². The third-order valence-electron chi connectivity index (χ3n) is 4.05. The lowest BCUT2D eigenvalue weighted by molar-refractivity contribution is 0.252. The van der Waals surface area contributed by atoms with Gasteiger partial charge in [-0.2, -0.15) is 0 Å². The summed E-state index contributed by atoms with van der Waals surface area (Å²) >= 11 is 0. The van der Waals surface area contributed by atoms with Crippen LogP contribution in [-0.4, -0.2) is 30.0 Å². The molecule has 21 heavy (non-hydrogen) atoms. The van der Waals surface area contributed by atoms with E-state index in [-0.39, 0.29) is 6.04 Å². The topological polar surface area (TPSA) is 42.1 Å². The quantitative estimate of drug-likeness (QED) is 0.849. The highest BCUT2D eigenvalue weighted by Crippen LogP contribution is 2.23. The lowest BCUT2D eigenvalue weighted by Crippen LogP contribution is -2.32. The SMILES string of the molecule is CCc1ccccc1C(CN)N(C)CCc1ccncc1. The molecule has 2 N–H and O–H groups in total. The zero-order chi connectivity index (χ0) is 15.1. The first-order valence-corrected chi connectivity index (χ1v) is 7.63. The molecule has 0 fully saturated rings. The fraction of sp³-hybridized carbons (Fsp3) is 0.389. The summed E-state index contributed by atoms with van der Waals surface area (Å²) in [5.74, 6) is 0. The van der Waals surface area contributed by atoms with Crippen LogP contribution < -0.4 is 5.73 Å². The summed E-state index contributed by atoms with van der Waals surface area (Å²) in [4.78, 5) is 6.42. The van der Waals surface area contributed by atoms with Gasteiger partial charge < -0.3 is 5.73 Å². The average molecular weight is 283 g/mol. The molecule has 0 aliphatic rings. The van der Waals surface area contributed by atoms with E-state index >= 15 is 0 Å². The number of nitrogens with two attached hydrogens (primary N) is 1. The fourth-order valence-corrected chi connectivity index (χ4v) is 2.74. The molecule has 1 unspecified atom stereocenters. The van der Waals surface area contributed by atoms with Crippen LogP contribution in [-0.2, 0) is 12.8 Å². The Hall–Kier alpha value is -1.71. The zero-order valence-corrected chi connectivity index (χ0v) is 13.0. The summed E-state index contributed by atoms with van der Waals surface area (Å²) in [6.07, 6.45) is 5.76.